The fraction of sp³-hybridized carbons (Fsp3) is 0.222. The summed E-state index contributed by atoms with van der Waals surface area (Å²) >= 11 is 0. The van der Waals surface area contributed by atoms with Gasteiger partial charge in [-0.25, -0.2) is 0 Å². The van der Waals surface area contributed by atoms with Crippen LogP contribution in [0.4, 0.5) is 0 Å². The molecule has 1 aromatic carbocycles. The Kier molecular flexibility index (Phi) is 1.83. The van der Waals surface area contributed by atoms with E-state index in [1.807, 2.05) is 6.07 Å². The molecular weight excluding hydrogens is 138 g/mol. The maximum Gasteiger partial charge on any atom is 0.217 e. The first-order valence-corrected chi connectivity index (χ1v) is 3.31. The SMILES string of the molecule is [2H]C(C(N)=O)C([2H])c1ccccc1. The van der Waals surface area contributed by atoms with Gasteiger partial charge in [-0.2, -0.15) is 0 Å². The lowest BCUT2D eigenvalue weighted by Gasteiger charge is -1.96. The summed E-state index contributed by atoms with van der Waals surface area (Å²) in [5.41, 5.74) is 5.57. The molecule has 2 N–H and O–H groups in total. The second-order valence-electron chi connectivity index (χ2n) is 2.15. The molecule has 1 aromatic rings. The Labute approximate surface area is 68.8 Å². The van der Waals surface area contributed by atoms with E-state index < -0.39 is 18.7 Å². The van der Waals surface area contributed by atoms with Crippen molar-refractivity contribution in [2.45, 2.75) is 12.8 Å². The second kappa shape index (κ2) is 3.76. The molecule has 0 bridgehead atoms. The molecule has 0 spiro atoms. The summed E-state index contributed by atoms with van der Waals surface area (Å²) in [5, 5.41) is 0. The maximum atomic E-state index is 10.6. The smallest absolute Gasteiger partial charge is 0.217 e. The number of hydrogen-bond donors (Lipinski definition) is 1. The van der Waals surface area contributed by atoms with Crippen LogP contribution in [0, 0.1) is 0 Å². The predicted octanol–water partition coefficient (Wildman–Crippen LogP) is 1.10. The summed E-state index contributed by atoms with van der Waals surface area (Å²) in [6.07, 6.45) is -2.08. The predicted molar refractivity (Wildman–Crippen MR) is 44.0 cm³/mol. The van der Waals surface area contributed by atoms with Crippen molar-refractivity contribution in [2.75, 3.05) is 0 Å². The minimum atomic E-state index is -1.19. The summed E-state index contributed by atoms with van der Waals surface area (Å²) in [7, 11) is 0. The van der Waals surface area contributed by atoms with E-state index in [-0.39, 0.29) is 0 Å². The fourth-order valence-corrected chi connectivity index (χ4v) is 0.743. The number of benzene rings is 1. The van der Waals surface area contributed by atoms with Crippen molar-refractivity contribution in [3.8, 4) is 0 Å². The molecule has 0 aliphatic carbocycles. The number of aryl methyl sites for hydroxylation is 1. The van der Waals surface area contributed by atoms with Gasteiger partial charge in [0.05, 0.1) is 0 Å². The number of amides is 1. The molecule has 11 heavy (non-hydrogen) atoms. The largest absolute Gasteiger partial charge is 0.370 e. The highest BCUT2D eigenvalue weighted by atomic mass is 16.1. The number of rotatable bonds is 3. The monoisotopic (exact) mass is 151 g/mol. The quantitative estimate of drug-likeness (QED) is 0.690. The molecule has 0 heterocycles. The third-order valence-corrected chi connectivity index (χ3v) is 1.24. The lowest BCUT2D eigenvalue weighted by atomic mass is 10.1. The van der Waals surface area contributed by atoms with Gasteiger partial charge in [0.2, 0.25) is 5.91 Å². The molecule has 58 valence electrons. The van der Waals surface area contributed by atoms with Crippen LogP contribution in [0.25, 0.3) is 0 Å². The number of nitrogens with two attached hydrogens (primary N) is 1. The van der Waals surface area contributed by atoms with Gasteiger partial charge >= 0.3 is 0 Å². The fourth-order valence-electron chi connectivity index (χ4n) is 0.743. The van der Waals surface area contributed by atoms with Gasteiger partial charge in [-0.1, -0.05) is 30.3 Å². The summed E-state index contributed by atoms with van der Waals surface area (Å²) in [6, 6.07) is 8.78. The van der Waals surface area contributed by atoms with Crippen molar-refractivity contribution in [3.63, 3.8) is 0 Å². The lowest BCUT2D eigenvalue weighted by Crippen LogP contribution is -2.10. The van der Waals surface area contributed by atoms with E-state index in [0.29, 0.717) is 5.56 Å². The third-order valence-electron chi connectivity index (χ3n) is 1.24. The summed E-state index contributed by atoms with van der Waals surface area (Å²) < 4.78 is 14.9. The Hall–Kier alpha value is -1.31. The second-order valence-corrected chi connectivity index (χ2v) is 2.15. The van der Waals surface area contributed by atoms with Gasteiger partial charge < -0.3 is 5.73 Å². The zero-order valence-electron chi connectivity index (χ0n) is 8.03. The molecule has 2 nitrogen and oxygen atoms in total. The highest BCUT2D eigenvalue weighted by Crippen LogP contribution is 2.00. The third kappa shape index (κ3) is 2.85. The summed E-state index contributed by atoms with van der Waals surface area (Å²) in [4.78, 5) is 10.6. The Morgan fingerprint density at radius 1 is 1.45 bits per heavy atom. The van der Waals surface area contributed by atoms with Gasteiger partial charge in [-0.05, 0) is 12.0 Å². The van der Waals surface area contributed by atoms with Crippen LogP contribution in [0.3, 0.4) is 0 Å². The van der Waals surface area contributed by atoms with Crippen LogP contribution in [-0.4, -0.2) is 5.91 Å². The molecule has 0 aliphatic heterocycles. The van der Waals surface area contributed by atoms with Gasteiger partial charge in [0, 0.05) is 9.14 Å². The van der Waals surface area contributed by atoms with Gasteiger partial charge in [-0.3, -0.25) is 4.79 Å². The van der Waals surface area contributed by atoms with E-state index in [0.717, 1.165) is 0 Å². The van der Waals surface area contributed by atoms with E-state index in [1.54, 1.807) is 24.3 Å². The average Bonchev–Trinajstić information content (AvgIpc) is 2.17. The van der Waals surface area contributed by atoms with E-state index in [1.165, 1.54) is 0 Å². The molecule has 2 heteroatoms. The molecule has 2 atom stereocenters. The summed E-state index contributed by atoms with van der Waals surface area (Å²) in [6.45, 7) is 0. The van der Waals surface area contributed by atoms with Gasteiger partial charge in [-0.15, -0.1) is 0 Å². The van der Waals surface area contributed by atoms with Crippen molar-refractivity contribution in [2.24, 2.45) is 5.73 Å². The average molecular weight is 151 g/mol. The van der Waals surface area contributed by atoms with Crippen LogP contribution < -0.4 is 5.73 Å². The van der Waals surface area contributed by atoms with Gasteiger partial charge in [0.1, 0.15) is 0 Å². The van der Waals surface area contributed by atoms with Crippen LogP contribution in [0.1, 0.15) is 14.7 Å². The van der Waals surface area contributed by atoms with Crippen LogP contribution in [0.5, 0.6) is 0 Å². The minimum absolute atomic E-state index is 0.640. The van der Waals surface area contributed by atoms with Crippen LogP contribution in [-0.2, 0) is 11.2 Å². The molecule has 0 radical (unpaired) electrons. The molecule has 1 amide bonds. The van der Waals surface area contributed by atoms with Crippen molar-refractivity contribution >= 4 is 5.91 Å². The highest BCUT2D eigenvalue weighted by molar-refractivity contribution is 5.73. The number of primary amides is 1. The zero-order chi connectivity index (χ0) is 9.84. The Morgan fingerprint density at radius 2 is 2.09 bits per heavy atom. The van der Waals surface area contributed by atoms with E-state index in [4.69, 9.17) is 8.48 Å². The molecule has 0 aliphatic rings. The van der Waals surface area contributed by atoms with Gasteiger partial charge in [0.15, 0.2) is 0 Å². The number of carbonyl (C=O) groups is 1. The topological polar surface area (TPSA) is 43.1 Å². The summed E-state index contributed by atoms with van der Waals surface area (Å²) in [5.74, 6) is -0.760. The minimum Gasteiger partial charge on any atom is -0.370 e. The zero-order valence-corrected chi connectivity index (χ0v) is 6.03. The molecular formula is C9H11NO. The van der Waals surface area contributed by atoms with Crippen LogP contribution in [0.2, 0.25) is 0 Å². The standard InChI is InChI=1S/C9H11NO/c10-9(11)7-6-8-4-2-1-3-5-8/h1-5H,6-7H2,(H2,10,11)/i6D,7D. The first-order valence-electron chi connectivity index (χ1n) is 4.47. The van der Waals surface area contributed by atoms with E-state index >= 15 is 0 Å². The van der Waals surface area contributed by atoms with Crippen molar-refractivity contribution in [1.82, 2.24) is 0 Å². The van der Waals surface area contributed by atoms with E-state index in [9.17, 15) is 4.79 Å². The Bertz CT molecular complexity index is 289. The Morgan fingerprint density at radius 3 is 2.64 bits per heavy atom. The molecule has 0 saturated carbocycles. The van der Waals surface area contributed by atoms with Crippen LogP contribution in [0.15, 0.2) is 30.3 Å². The normalized spacial score (nSPS) is 17.8. The maximum absolute atomic E-state index is 10.6. The van der Waals surface area contributed by atoms with Crippen molar-refractivity contribution < 1.29 is 7.54 Å². The highest BCUT2D eigenvalue weighted by Gasteiger charge is 1.94. The molecule has 0 fully saturated rings. The lowest BCUT2D eigenvalue weighted by molar-refractivity contribution is -0.117. The Balaban J connectivity index is 2.79. The first kappa shape index (κ1) is 5.35. The van der Waals surface area contributed by atoms with E-state index in [2.05, 4.69) is 0 Å². The van der Waals surface area contributed by atoms with Crippen molar-refractivity contribution in [3.05, 3.63) is 35.9 Å². The van der Waals surface area contributed by atoms with Gasteiger partial charge in [0.25, 0.3) is 0 Å². The molecule has 1 rings (SSSR count). The molecule has 0 saturated heterocycles. The molecule has 0 aromatic heterocycles. The van der Waals surface area contributed by atoms with Crippen LogP contribution >= 0.6 is 0 Å². The first-order chi connectivity index (χ1) is 6.13. The number of carbonyl (C=O) groups excluding carboxylic acids is 1. The number of hydrogen-bond acceptors (Lipinski definition) is 1. The molecule has 2 unspecified atom stereocenters. The van der Waals surface area contributed by atoms with Crippen molar-refractivity contribution in [1.29, 1.82) is 0 Å².